The molecule has 6 heteroatoms. The van der Waals surface area contributed by atoms with E-state index < -0.39 is 0 Å². The molecule has 1 aromatic heterocycles. The zero-order chi connectivity index (χ0) is 13.2. The Balaban J connectivity index is 1.56. The van der Waals surface area contributed by atoms with Gasteiger partial charge in [0.2, 0.25) is 6.33 Å². The van der Waals surface area contributed by atoms with Crippen LogP contribution in [0, 0.1) is 0 Å². The number of nitrogens with two attached hydrogens (primary N) is 1. The fourth-order valence-corrected chi connectivity index (χ4v) is 2.28. The predicted molar refractivity (Wildman–Crippen MR) is 71.9 cm³/mol. The number of hydrogen-bond acceptors (Lipinski definition) is 4. The number of aryl methyl sites for hydroxylation is 1. The van der Waals surface area contributed by atoms with Gasteiger partial charge in [-0.15, -0.1) is 0 Å². The zero-order valence-electron chi connectivity index (χ0n) is 11.0. The lowest BCUT2D eigenvalue weighted by atomic mass is 10.2. The quantitative estimate of drug-likeness (QED) is 0.626. The fraction of sp³-hybridized carbons (Fsp3) is 0.308. The van der Waals surface area contributed by atoms with Gasteiger partial charge in [-0.05, 0) is 12.2 Å². The summed E-state index contributed by atoms with van der Waals surface area (Å²) in [4.78, 5) is 0. The maximum absolute atomic E-state index is 6.13. The normalized spacial score (nSPS) is 21.3. The van der Waals surface area contributed by atoms with Crippen LogP contribution >= 0.6 is 0 Å². The minimum absolute atomic E-state index is 0.00767. The standard InChI is InChI=1S/C13H19N6/c1-17-8-9-18(10-17)7-5-15-13-12(14)11-4-2-3-6-19(11)16-13/h2-4,6,8-10,13,15-16H,5,7,14H2,1H3/q+1. The van der Waals surface area contributed by atoms with Gasteiger partial charge in [-0.25, -0.2) is 14.6 Å². The molecule has 100 valence electrons. The van der Waals surface area contributed by atoms with Gasteiger partial charge in [0.05, 0.1) is 18.4 Å². The second-order valence-corrected chi connectivity index (χ2v) is 4.74. The van der Waals surface area contributed by atoms with Crippen LogP contribution in [-0.2, 0) is 13.6 Å². The van der Waals surface area contributed by atoms with Gasteiger partial charge >= 0.3 is 0 Å². The van der Waals surface area contributed by atoms with Crippen molar-refractivity contribution in [3.63, 3.8) is 0 Å². The largest absolute Gasteiger partial charge is 0.398 e. The summed E-state index contributed by atoms with van der Waals surface area (Å²) in [5, 5.41) is 5.36. The van der Waals surface area contributed by atoms with Crippen molar-refractivity contribution in [1.82, 2.24) is 20.3 Å². The van der Waals surface area contributed by atoms with Crippen LogP contribution in [0.5, 0.6) is 0 Å². The molecule has 0 radical (unpaired) electrons. The molecule has 1 aromatic rings. The zero-order valence-corrected chi connectivity index (χ0v) is 11.0. The highest BCUT2D eigenvalue weighted by molar-refractivity contribution is 5.35. The van der Waals surface area contributed by atoms with Crippen molar-refractivity contribution in [1.29, 1.82) is 0 Å². The van der Waals surface area contributed by atoms with Crippen LogP contribution in [0.2, 0.25) is 0 Å². The van der Waals surface area contributed by atoms with Crippen LogP contribution in [0.25, 0.3) is 0 Å². The van der Waals surface area contributed by atoms with E-state index in [0.29, 0.717) is 0 Å². The highest BCUT2D eigenvalue weighted by atomic mass is 15.6. The molecule has 6 nitrogen and oxygen atoms in total. The molecule has 3 heterocycles. The number of nitrogens with zero attached hydrogens (tertiary/aromatic N) is 3. The second-order valence-electron chi connectivity index (χ2n) is 4.74. The van der Waals surface area contributed by atoms with Gasteiger partial charge in [-0.2, -0.15) is 0 Å². The molecule has 1 atom stereocenters. The van der Waals surface area contributed by atoms with Gasteiger partial charge in [-0.3, -0.25) is 10.3 Å². The minimum atomic E-state index is -0.00767. The lowest BCUT2D eigenvalue weighted by Crippen LogP contribution is -2.46. The molecule has 0 bridgehead atoms. The van der Waals surface area contributed by atoms with E-state index in [1.54, 1.807) is 0 Å². The summed E-state index contributed by atoms with van der Waals surface area (Å²) in [6.07, 6.45) is 14.1. The average molecular weight is 259 g/mol. The van der Waals surface area contributed by atoms with Crippen LogP contribution < -0.4 is 21.0 Å². The number of hydrazine groups is 1. The van der Waals surface area contributed by atoms with E-state index in [9.17, 15) is 0 Å². The van der Waals surface area contributed by atoms with E-state index in [4.69, 9.17) is 5.73 Å². The first-order valence-electron chi connectivity index (χ1n) is 6.38. The summed E-state index contributed by atoms with van der Waals surface area (Å²) >= 11 is 0. The maximum Gasteiger partial charge on any atom is 0.243 e. The van der Waals surface area contributed by atoms with E-state index in [-0.39, 0.29) is 6.17 Å². The smallest absolute Gasteiger partial charge is 0.243 e. The van der Waals surface area contributed by atoms with Gasteiger partial charge in [0.15, 0.2) is 0 Å². The summed E-state index contributed by atoms with van der Waals surface area (Å²) in [6, 6.07) is 0. The predicted octanol–water partition coefficient (Wildman–Crippen LogP) is -0.698. The molecule has 4 N–H and O–H groups in total. The van der Waals surface area contributed by atoms with Gasteiger partial charge in [0, 0.05) is 12.7 Å². The van der Waals surface area contributed by atoms with E-state index in [1.807, 2.05) is 47.2 Å². The van der Waals surface area contributed by atoms with Gasteiger partial charge in [-0.1, -0.05) is 6.08 Å². The number of allylic oxidation sites excluding steroid dienone is 3. The first-order chi connectivity index (χ1) is 9.24. The van der Waals surface area contributed by atoms with E-state index in [0.717, 1.165) is 24.5 Å². The number of hydrogen-bond donors (Lipinski definition) is 3. The van der Waals surface area contributed by atoms with Crippen LogP contribution in [0.3, 0.4) is 0 Å². The highest BCUT2D eigenvalue weighted by Gasteiger charge is 2.27. The summed E-state index contributed by atoms with van der Waals surface area (Å²) in [5.74, 6) is 0. The molecule has 0 fully saturated rings. The molecule has 19 heavy (non-hydrogen) atoms. The SMILES string of the molecule is C[n+]1ccn(CCNC2NN3C=CC=CC3=C2N)c1. The van der Waals surface area contributed by atoms with Gasteiger partial charge in [0.1, 0.15) is 25.1 Å². The Morgan fingerprint density at radius 2 is 2.37 bits per heavy atom. The summed E-state index contributed by atoms with van der Waals surface area (Å²) in [7, 11) is 2.02. The van der Waals surface area contributed by atoms with Crippen molar-refractivity contribution in [2.75, 3.05) is 6.54 Å². The Labute approximate surface area is 112 Å². The Morgan fingerprint density at radius 1 is 1.47 bits per heavy atom. The Kier molecular flexibility index (Phi) is 3.10. The van der Waals surface area contributed by atoms with E-state index in [1.165, 1.54) is 0 Å². The molecular weight excluding hydrogens is 240 g/mol. The molecule has 2 aliphatic heterocycles. The molecule has 0 saturated heterocycles. The lowest BCUT2D eigenvalue weighted by Gasteiger charge is -2.19. The molecular formula is C13H19N6+. The third-order valence-electron chi connectivity index (χ3n) is 3.28. The Bertz CT molecular complexity index is 553. The fourth-order valence-electron chi connectivity index (χ4n) is 2.28. The minimum Gasteiger partial charge on any atom is -0.398 e. The second kappa shape index (κ2) is 4.91. The number of aromatic nitrogens is 2. The third-order valence-corrected chi connectivity index (χ3v) is 3.28. The summed E-state index contributed by atoms with van der Waals surface area (Å²) < 4.78 is 4.17. The molecule has 0 saturated carbocycles. The van der Waals surface area contributed by atoms with Crippen molar-refractivity contribution >= 4 is 0 Å². The first kappa shape index (κ1) is 12.0. The molecule has 0 aromatic carbocycles. The van der Waals surface area contributed by atoms with Crippen molar-refractivity contribution < 1.29 is 4.57 Å². The molecule has 0 amide bonds. The van der Waals surface area contributed by atoms with Crippen molar-refractivity contribution in [3.05, 3.63) is 54.5 Å². The summed E-state index contributed by atoms with van der Waals surface area (Å²) in [5.41, 5.74) is 11.3. The third kappa shape index (κ3) is 2.40. The van der Waals surface area contributed by atoms with Crippen LogP contribution in [0.1, 0.15) is 0 Å². The van der Waals surface area contributed by atoms with Gasteiger partial charge < -0.3 is 5.73 Å². The molecule has 0 spiro atoms. The average Bonchev–Trinajstić information content (AvgIpc) is 2.96. The molecule has 3 rings (SSSR count). The van der Waals surface area contributed by atoms with Gasteiger partial charge in [0.25, 0.3) is 0 Å². The number of imidazole rings is 1. The Hall–Kier alpha value is -2.05. The molecule has 1 unspecified atom stereocenters. The summed E-state index contributed by atoms with van der Waals surface area (Å²) in [6.45, 7) is 1.76. The molecule has 0 aliphatic carbocycles. The number of nitrogens with one attached hydrogen (secondary N) is 2. The van der Waals surface area contributed by atoms with E-state index in [2.05, 4.69) is 27.8 Å². The first-order valence-corrected chi connectivity index (χ1v) is 6.38. The highest BCUT2D eigenvalue weighted by Crippen LogP contribution is 2.19. The van der Waals surface area contributed by atoms with Crippen molar-refractivity contribution in [2.24, 2.45) is 12.8 Å². The lowest BCUT2D eigenvalue weighted by molar-refractivity contribution is -0.671. The monoisotopic (exact) mass is 259 g/mol. The maximum atomic E-state index is 6.13. The molecule has 2 aliphatic rings. The Morgan fingerprint density at radius 3 is 3.11 bits per heavy atom. The van der Waals surface area contributed by atoms with Crippen molar-refractivity contribution in [2.45, 2.75) is 12.7 Å². The topological polar surface area (TPSA) is 62.1 Å². The number of fused-ring (bicyclic) bond motifs is 1. The number of rotatable bonds is 4. The van der Waals surface area contributed by atoms with Crippen LogP contribution in [-0.4, -0.2) is 22.3 Å². The van der Waals surface area contributed by atoms with Crippen molar-refractivity contribution in [3.8, 4) is 0 Å². The van der Waals surface area contributed by atoms with Crippen LogP contribution in [0.4, 0.5) is 0 Å². The van der Waals surface area contributed by atoms with Crippen LogP contribution in [0.15, 0.2) is 54.5 Å². The van der Waals surface area contributed by atoms with E-state index >= 15 is 0 Å².